The minimum Gasteiger partial charge on any atom is -0.383 e. The average Bonchev–Trinajstić information content (AvgIpc) is 2.27. The highest BCUT2D eigenvalue weighted by molar-refractivity contribution is 4.86. The molecule has 15 heavy (non-hydrogen) atoms. The van der Waals surface area contributed by atoms with E-state index >= 15 is 0 Å². The maximum absolute atomic E-state index is 5.14. The van der Waals surface area contributed by atoms with E-state index in [4.69, 9.17) is 4.74 Å². The Hall–Kier alpha value is -0.120. The number of nitrogens with zero attached hydrogens (tertiary/aromatic N) is 1. The summed E-state index contributed by atoms with van der Waals surface area (Å²) in [5.41, 5.74) is 0. The lowest BCUT2D eigenvalue weighted by atomic mass is 9.89. The van der Waals surface area contributed by atoms with Crippen LogP contribution in [0.15, 0.2) is 0 Å². The van der Waals surface area contributed by atoms with Gasteiger partial charge in [-0.2, -0.15) is 0 Å². The van der Waals surface area contributed by atoms with Crippen molar-refractivity contribution in [2.45, 2.75) is 44.7 Å². The molecule has 0 aromatic heterocycles. The van der Waals surface area contributed by atoms with Gasteiger partial charge in [-0.25, -0.2) is 0 Å². The zero-order chi connectivity index (χ0) is 11.1. The second kappa shape index (κ2) is 7.20. The van der Waals surface area contributed by atoms with Crippen molar-refractivity contribution in [1.29, 1.82) is 0 Å². The van der Waals surface area contributed by atoms with Gasteiger partial charge < -0.3 is 10.1 Å². The molecule has 0 saturated heterocycles. The van der Waals surface area contributed by atoms with Crippen molar-refractivity contribution in [2.75, 3.05) is 33.9 Å². The second-order valence-corrected chi connectivity index (χ2v) is 4.49. The summed E-state index contributed by atoms with van der Waals surface area (Å²) in [5.74, 6) is 0. The lowest BCUT2D eigenvalue weighted by Gasteiger charge is -2.38. The number of likely N-dealkylation sites (N-methyl/N-ethyl adjacent to an activating group) is 2. The lowest BCUT2D eigenvalue weighted by Crippen LogP contribution is -2.51. The van der Waals surface area contributed by atoms with Crippen LogP contribution in [0.5, 0.6) is 0 Å². The number of nitrogens with one attached hydrogen (secondary N) is 1. The van der Waals surface area contributed by atoms with Gasteiger partial charge in [0.25, 0.3) is 0 Å². The van der Waals surface area contributed by atoms with E-state index in [1.165, 1.54) is 25.7 Å². The molecule has 3 heteroatoms. The quantitative estimate of drug-likeness (QED) is 0.725. The number of rotatable bonds is 6. The summed E-state index contributed by atoms with van der Waals surface area (Å²) >= 11 is 0. The predicted octanol–water partition coefficient (Wildman–Crippen LogP) is 1.49. The molecule has 0 spiro atoms. The van der Waals surface area contributed by atoms with Crippen LogP contribution in [0.3, 0.4) is 0 Å². The smallest absolute Gasteiger partial charge is 0.0589 e. The number of methoxy groups -OCH3 is 1. The van der Waals surface area contributed by atoms with Gasteiger partial charge in [0.05, 0.1) is 6.61 Å². The van der Waals surface area contributed by atoms with Gasteiger partial charge in [0, 0.05) is 25.7 Å². The van der Waals surface area contributed by atoms with E-state index in [9.17, 15) is 0 Å². The first-order valence-electron chi connectivity index (χ1n) is 6.22. The number of ether oxygens (including phenoxy) is 1. The monoisotopic (exact) mass is 214 g/mol. The Labute approximate surface area is 94.2 Å². The molecule has 0 aromatic carbocycles. The highest BCUT2D eigenvalue weighted by atomic mass is 16.5. The van der Waals surface area contributed by atoms with Crippen molar-refractivity contribution in [2.24, 2.45) is 0 Å². The van der Waals surface area contributed by atoms with Crippen LogP contribution in [-0.4, -0.2) is 50.8 Å². The fraction of sp³-hybridized carbons (Fsp3) is 1.00. The van der Waals surface area contributed by atoms with Gasteiger partial charge >= 0.3 is 0 Å². The Morgan fingerprint density at radius 2 is 2.07 bits per heavy atom. The Morgan fingerprint density at radius 3 is 2.73 bits per heavy atom. The molecule has 1 fully saturated rings. The Bertz CT molecular complexity index is 162. The van der Waals surface area contributed by atoms with Gasteiger partial charge in [-0.3, -0.25) is 4.90 Å². The van der Waals surface area contributed by atoms with Crippen LogP contribution in [-0.2, 0) is 4.74 Å². The fourth-order valence-electron chi connectivity index (χ4n) is 2.54. The van der Waals surface area contributed by atoms with E-state index < -0.39 is 0 Å². The van der Waals surface area contributed by atoms with Crippen molar-refractivity contribution in [1.82, 2.24) is 10.2 Å². The van der Waals surface area contributed by atoms with Crippen LogP contribution in [0.1, 0.15) is 32.6 Å². The van der Waals surface area contributed by atoms with Gasteiger partial charge in [-0.05, 0) is 26.4 Å². The van der Waals surface area contributed by atoms with Gasteiger partial charge in [0.1, 0.15) is 0 Å². The maximum atomic E-state index is 5.14. The van der Waals surface area contributed by atoms with Gasteiger partial charge in [-0.1, -0.05) is 19.8 Å². The molecule has 1 rings (SSSR count). The maximum Gasteiger partial charge on any atom is 0.0589 e. The Balaban J connectivity index is 2.39. The van der Waals surface area contributed by atoms with Crippen LogP contribution >= 0.6 is 0 Å². The third-order valence-corrected chi connectivity index (χ3v) is 3.41. The van der Waals surface area contributed by atoms with Crippen molar-refractivity contribution < 1.29 is 4.74 Å². The van der Waals surface area contributed by atoms with Crippen molar-refractivity contribution in [3.8, 4) is 0 Å². The molecule has 0 aliphatic heterocycles. The standard InChI is InChI=1S/C12H26N2O/c1-4-13-11-7-5-6-8-12(11)14(2)9-10-15-3/h11-13H,4-10H2,1-3H3. The molecule has 1 N–H and O–H groups in total. The molecular formula is C12H26N2O. The topological polar surface area (TPSA) is 24.5 Å². The van der Waals surface area contributed by atoms with E-state index in [2.05, 4.69) is 24.2 Å². The van der Waals surface area contributed by atoms with E-state index in [1.807, 2.05) is 0 Å². The predicted molar refractivity (Wildman–Crippen MR) is 64.2 cm³/mol. The highest BCUT2D eigenvalue weighted by Gasteiger charge is 2.27. The summed E-state index contributed by atoms with van der Waals surface area (Å²) in [4.78, 5) is 2.45. The molecule has 1 saturated carbocycles. The summed E-state index contributed by atoms with van der Waals surface area (Å²) in [5, 5.41) is 3.61. The van der Waals surface area contributed by atoms with Crippen molar-refractivity contribution in [3.05, 3.63) is 0 Å². The van der Waals surface area contributed by atoms with Gasteiger partial charge in [0.15, 0.2) is 0 Å². The zero-order valence-corrected chi connectivity index (χ0v) is 10.5. The van der Waals surface area contributed by atoms with Crippen molar-refractivity contribution >= 4 is 0 Å². The summed E-state index contributed by atoms with van der Waals surface area (Å²) in [6.45, 7) is 5.16. The first-order chi connectivity index (χ1) is 7.29. The molecule has 90 valence electrons. The molecule has 0 heterocycles. The van der Waals surface area contributed by atoms with Crippen LogP contribution in [0, 0.1) is 0 Å². The fourth-order valence-corrected chi connectivity index (χ4v) is 2.54. The first-order valence-corrected chi connectivity index (χ1v) is 6.22. The molecule has 1 aliphatic carbocycles. The molecule has 2 unspecified atom stereocenters. The number of hydrogen-bond acceptors (Lipinski definition) is 3. The summed E-state index contributed by atoms with van der Waals surface area (Å²) in [6.07, 6.45) is 5.42. The third kappa shape index (κ3) is 4.09. The Kier molecular flexibility index (Phi) is 6.22. The van der Waals surface area contributed by atoms with Gasteiger partial charge in [0.2, 0.25) is 0 Å². The van der Waals surface area contributed by atoms with E-state index in [1.54, 1.807) is 7.11 Å². The van der Waals surface area contributed by atoms with E-state index in [-0.39, 0.29) is 0 Å². The highest BCUT2D eigenvalue weighted by Crippen LogP contribution is 2.22. The van der Waals surface area contributed by atoms with Crippen LogP contribution in [0.4, 0.5) is 0 Å². The minimum absolute atomic E-state index is 0.686. The zero-order valence-electron chi connectivity index (χ0n) is 10.5. The normalized spacial score (nSPS) is 27.2. The lowest BCUT2D eigenvalue weighted by molar-refractivity contribution is 0.104. The first kappa shape index (κ1) is 12.9. The molecule has 0 aromatic rings. The van der Waals surface area contributed by atoms with Crippen LogP contribution in [0.2, 0.25) is 0 Å². The molecule has 0 radical (unpaired) electrons. The van der Waals surface area contributed by atoms with E-state index in [0.29, 0.717) is 12.1 Å². The van der Waals surface area contributed by atoms with Gasteiger partial charge in [-0.15, -0.1) is 0 Å². The Morgan fingerprint density at radius 1 is 1.33 bits per heavy atom. The minimum atomic E-state index is 0.686. The molecule has 2 atom stereocenters. The number of hydrogen-bond donors (Lipinski definition) is 1. The van der Waals surface area contributed by atoms with Crippen molar-refractivity contribution in [3.63, 3.8) is 0 Å². The molecule has 3 nitrogen and oxygen atoms in total. The summed E-state index contributed by atoms with van der Waals surface area (Å²) in [7, 11) is 4.00. The largest absolute Gasteiger partial charge is 0.383 e. The molecular weight excluding hydrogens is 188 g/mol. The summed E-state index contributed by atoms with van der Waals surface area (Å²) < 4.78 is 5.14. The second-order valence-electron chi connectivity index (χ2n) is 4.49. The third-order valence-electron chi connectivity index (χ3n) is 3.41. The average molecular weight is 214 g/mol. The molecule has 0 bridgehead atoms. The SMILES string of the molecule is CCNC1CCCCC1N(C)CCOC. The van der Waals surface area contributed by atoms with Crippen LogP contribution in [0.25, 0.3) is 0 Å². The van der Waals surface area contributed by atoms with Crippen LogP contribution < -0.4 is 5.32 Å². The summed E-state index contributed by atoms with van der Waals surface area (Å²) in [6, 6.07) is 1.39. The van der Waals surface area contributed by atoms with E-state index in [0.717, 1.165) is 19.7 Å². The molecule has 0 amide bonds. The molecule has 1 aliphatic rings.